The van der Waals surface area contributed by atoms with Crippen molar-refractivity contribution in [1.29, 1.82) is 0 Å². The van der Waals surface area contributed by atoms with Gasteiger partial charge in [0, 0.05) is 25.8 Å². The number of aliphatic imine (C=N–C) groups is 1. The highest BCUT2D eigenvalue weighted by Crippen LogP contribution is 2.28. The number of nitrogens with one attached hydrogen (secondary N) is 1. The van der Waals surface area contributed by atoms with E-state index in [1.54, 1.807) is 14.2 Å². The van der Waals surface area contributed by atoms with Gasteiger partial charge in [-0.2, -0.15) is 0 Å². The first-order chi connectivity index (χ1) is 11.9. The van der Waals surface area contributed by atoms with Gasteiger partial charge in [0.2, 0.25) is 0 Å². The average molecular weight is 342 g/mol. The molecule has 0 fully saturated rings. The molecule has 0 heterocycles. The summed E-state index contributed by atoms with van der Waals surface area (Å²) in [6.45, 7) is 2.56. The van der Waals surface area contributed by atoms with E-state index in [1.165, 1.54) is 5.56 Å². The molecule has 6 heteroatoms. The van der Waals surface area contributed by atoms with E-state index in [1.807, 2.05) is 32.3 Å². The SMILES string of the molecule is COc1ccc(OC)c(NC(N)=NCc2ccc(C)cc2N(C)C)c1. The van der Waals surface area contributed by atoms with Crippen LogP contribution in [0.4, 0.5) is 11.4 Å². The number of ether oxygens (including phenoxy) is 2. The molecule has 0 aliphatic rings. The van der Waals surface area contributed by atoms with Gasteiger partial charge in [0.25, 0.3) is 0 Å². The molecule has 0 radical (unpaired) electrons. The Morgan fingerprint density at radius 3 is 2.52 bits per heavy atom. The summed E-state index contributed by atoms with van der Waals surface area (Å²) >= 11 is 0. The lowest BCUT2D eigenvalue weighted by molar-refractivity contribution is 0.405. The van der Waals surface area contributed by atoms with E-state index in [4.69, 9.17) is 15.2 Å². The van der Waals surface area contributed by atoms with Gasteiger partial charge in [-0.05, 0) is 36.2 Å². The number of nitrogens with two attached hydrogens (primary N) is 1. The topological polar surface area (TPSA) is 72.1 Å². The molecule has 134 valence electrons. The Morgan fingerprint density at radius 1 is 1.12 bits per heavy atom. The van der Waals surface area contributed by atoms with Crippen molar-refractivity contribution in [1.82, 2.24) is 0 Å². The molecule has 0 aromatic heterocycles. The first-order valence-electron chi connectivity index (χ1n) is 8.00. The second-order valence-corrected chi connectivity index (χ2v) is 5.92. The molecule has 0 aliphatic carbocycles. The van der Waals surface area contributed by atoms with E-state index in [0.29, 0.717) is 29.7 Å². The molecule has 0 spiro atoms. The lowest BCUT2D eigenvalue weighted by Crippen LogP contribution is -2.23. The maximum atomic E-state index is 6.05. The summed E-state index contributed by atoms with van der Waals surface area (Å²) < 4.78 is 10.6. The van der Waals surface area contributed by atoms with E-state index in [0.717, 1.165) is 11.3 Å². The van der Waals surface area contributed by atoms with E-state index < -0.39 is 0 Å². The van der Waals surface area contributed by atoms with Crippen LogP contribution in [-0.4, -0.2) is 34.3 Å². The lowest BCUT2D eigenvalue weighted by Gasteiger charge is -2.17. The Morgan fingerprint density at radius 2 is 1.88 bits per heavy atom. The number of guanidine groups is 1. The lowest BCUT2D eigenvalue weighted by atomic mass is 10.1. The van der Waals surface area contributed by atoms with E-state index in [9.17, 15) is 0 Å². The van der Waals surface area contributed by atoms with Crippen LogP contribution in [0.15, 0.2) is 41.4 Å². The second-order valence-electron chi connectivity index (χ2n) is 5.92. The maximum absolute atomic E-state index is 6.05. The number of anilines is 2. The standard InChI is InChI=1S/C19H26N4O2/c1-13-6-7-14(17(10-13)23(2)3)12-21-19(20)22-16-11-15(24-4)8-9-18(16)25-5/h6-11H,12H2,1-5H3,(H3,20,21,22). The third kappa shape index (κ3) is 4.79. The number of methoxy groups -OCH3 is 2. The van der Waals surface area contributed by atoms with Crippen LogP contribution in [-0.2, 0) is 6.54 Å². The minimum atomic E-state index is 0.317. The number of hydrogen-bond acceptors (Lipinski definition) is 4. The molecule has 3 N–H and O–H groups in total. The van der Waals surface area contributed by atoms with Crippen molar-refractivity contribution in [3.63, 3.8) is 0 Å². The first-order valence-corrected chi connectivity index (χ1v) is 8.00. The monoisotopic (exact) mass is 342 g/mol. The molecule has 6 nitrogen and oxygen atoms in total. The number of nitrogens with zero attached hydrogens (tertiary/aromatic N) is 2. The van der Waals surface area contributed by atoms with Crippen LogP contribution in [0.5, 0.6) is 11.5 Å². The van der Waals surface area contributed by atoms with Gasteiger partial charge in [-0.1, -0.05) is 12.1 Å². The summed E-state index contributed by atoms with van der Waals surface area (Å²) in [4.78, 5) is 6.53. The summed E-state index contributed by atoms with van der Waals surface area (Å²) in [6.07, 6.45) is 0. The summed E-state index contributed by atoms with van der Waals surface area (Å²) in [6, 6.07) is 11.8. The predicted octanol–water partition coefficient (Wildman–Crippen LogP) is 3.01. The van der Waals surface area contributed by atoms with Gasteiger partial charge in [-0.25, -0.2) is 4.99 Å². The Balaban J connectivity index is 2.18. The van der Waals surface area contributed by atoms with Crippen LogP contribution in [0.3, 0.4) is 0 Å². The van der Waals surface area contributed by atoms with Gasteiger partial charge in [0.1, 0.15) is 11.5 Å². The first kappa shape index (κ1) is 18.4. The van der Waals surface area contributed by atoms with Gasteiger partial charge in [0.05, 0.1) is 26.5 Å². The number of benzene rings is 2. The molecule has 2 aromatic rings. The normalized spacial score (nSPS) is 11.2. The molecule has 0 atom stereocenters. The van der Waals surface area contributed by atoms with Crippen molar-refractivity contribution >= 4 is 17.3 Å². The summed E-state index contributed by atoms with van der Waals surface area (Å²) in [5.41, 5.74) is 10.2. The molecule has 2 aromatic carbocycles. The van der Waals surface area contributed by atoms with Gasteiger partial charge in [0.15, 0.2) is 5.96 Å². The zero-order chi connectivity index (χ0) is 18.4. The molecule has 2 rings (SSSR count). The zero-order valence-electron chi connectivity index (χ0n) is 15.5. The molecule has 0 aliphatic heterocycles. The minimum Gasteiger partial charge on any atom is -0.497 e. The van der Waals surface area contributed by atoms with Crippen LogP contribution in [0.1, 0.15) is 11.1 Å². The number of rotatable bonds is 6. The largest absolute Gasteiger partial charge is 0.497 e. The molecule has 25 heavy (non-hydrogen) atoms. The van der Waals surface area contributed by atoms with E-state index in [-0.39, 0.29) is 0 Å². The van der Waals surface area contributed by atoms with Crippen LogP contribution < -0.4 is 25.4 Å². The third-order valence-electron chi connectivity index (χ3n) is 3.81. The van der Waals surface area contributed by atoms with E-state index in [2.05, 4.69) is 40.3 Å². The molecule has 0 saturated heterocycles. The van der Waals surface area contributed by atoms with Gasteiger partial charge in [-0.15, -0.1) is 0 Å². The number of hydrogen-bond donors (Lipinski definition) is 2. The molecule has 0 amide bonds. The van der Waals surface area contributed by atoms with Crippen LogP contribution >= 0.6 is 0 Å². The average Bonchev–Trinajstić information content (AvgIpc) is 2.60. The molecule has 0 saturated carbocycles. The summed E-state index contributed by atoms with van der Waals surface area (Å²) in [5, 5.41) is 3.08. The smallest absolute Gasteiger partial charge is 0.193 e. The Labute approximate surface area is 149 Å². The van der Waals surface area contributed by atoms with Crippen molar-refractivity contribution in [3.05, 3.63) is 47.5 Å². The highest BCUT2D eigenvalue weighted by molar-refractivity contribution is 5.94. The summed E-state index contributed by atoms with van der Waals surface area (Å²) in [5.74, 6) is 1.70. The molecular formula is C19H26N4O2. The van der Waals surface area contributed by atoms with E-state index >= 15 is 0 Å². The van der Waals surface area contributed by atoms with Crippen LogP contribution in [0.2, 0.25) is 0 Å². The Hall–Kier alpha value is -2.89. The minimum absolute atomic E-state index is 0.317. The van der Waals surface area contributed by atoms with Gasteiger partial charge in [-0.3, -0.25) is 0 Å². The third-order valence-corrected chi connectivity index (χ3v) is 3.81. The van der Waals surface area contributed by atoms with Crippen molar-refractivity contribution in [2.24, 2.45) is 10.7 Å². The fourth-order valence-corrected chi connectivity index (χ4v) is 2.48. The summed E-state index contributed by atoms with van der Waals surface area (Å²) in [7, 11) is 7.26. The molecule has 0 bridgehead atoms. The Bertz CT molecular complexity index is 757. The highest BCUT2D eigenvalue weighted by atomic mass is 16.5. The second kappa shape index (κ2) is 8.28. The van der Waals surface area contributed by atoms with Gasteiger partial charge < -0.3 is 25.4 Å². The fourth-order valence-electron chi connectivity index (χ4n) is 2.48. The maximum Gasteiger partial charge on any atom is 0.193 e. The van der Waals surface area contributed by atoms with Gasteiger partial charge >= 0.3 is 0 Å². The molecule has 0 unspecified atom stereocenters. The zero-order valence-corrected chi connectivity index (χ0v) is 15.5. The quantitative estimate of drug-likeness (QED) is 0.624. The van der Waals surface area contributed by atoms with Crippen molar-refractivity contribution in [2.75, 3.05) is 38.5 Å². The fraction of sp³-hybridized carbons (Fsp3) is 0.316. The predicted molar refractivity (Wildman–Crippen MR) is 104 cm³/mol. The van der Waals surface area contributed by atoms with Crippen molar-refractivity contribution < 1.29 is 9.47 Å². The van der Waals surface area contributed by atoms with Crippen LogP contribution in [0.25, 0.3) is 0 Å². The van der Waals surface area contributed by atoms with Crippen molar-refractivity contribution in [2.45, 2.75) is 13.5 Å². The molecular weight excluding hydrogens is 316 g/mol. The van der Waals surface area contributed by atoms with Crippen LogP contribution in [0, 0.1) is 6.92 Å². The highest BCUT2D eigenvalue weighted by Gasteiger charge is 2.07. The number of aryl methyl sites for hydroxylation is 1. The Kier molecular flexibility index (Phi) is 6.11. The van der Waals surface area contributed by atoms with Crippen molar-refractivity contribution in [3.8, 4) is 11.5 Å².